The minimum atomic E-state index is -0.432. The maximum absolute atomic E-state index is 12.1. The van der Waals surface area contributed by atoms with Gasteiger partial charge in [0.05, 0.1) is 12.6 Å². The van der Waals surface area contributed by atoms with E-state index in [9.17, 15) is 9.59 Å². The van der Waals surface area contributed by atoms with Crippen LogP contribution in [0.1, 0.15) is 84.8 Å². The van der Waals surface area contributed by atoms with E-state index in [0.717, 1.165) is 30.6 Å². The zero-order chi connectivity index (χ0) is 29.3. The minimum Gasteiger partial charge on any atom is -0.493 e. The molecule has 0 radical (unpaired) electrons. The first-order valence-electron chi connectivity index (χ1n) is 14.1. The van der Waals surface area contributed by atoms with Gasteiger partial charge in [0.15, 0.2) is 0 Å². The van der Waals surface area contributed by atoms with Crippen molar-refractivity contribution in [2.24, 2.45) is 23.3 Å². The molecule has 216 valence electrons. The predicted molar refractivity (Wildman–Crippen MR) is 163 cm³/mol. The van der Waals surface area contributed by atoms with Gasteiger partial charge in [0.25, 0.3) is 0 Å². The van der Waals surface area contributed by atoms with Crippen LogP contribution in [0.5, 0.6) is 5.75 Å². The second kappa shape index (κ2) is 24.6. The SMILES string of the molecule is CC.CCCC(C)COc1ccc([C@@H](C)CNC(=O)[C@H](N)[C@H](C)CC)cc1.CN.O=CCc1ccccc1. The van der Waals surface area contributed by atoms with Gasteiger partial charge in [0, 0.05) is 13.0 Å². The van der Waals surface area contributed by atoms with Gasteiger partial charge >= 0.3 is 0 Å². The second-order valence-corrected chi connectivity index (χ2v) is 9.19. The van der Waals surface area contributed by atoms with E-state index >= 15 is 0 Å². The van der Waals surface area contributed by atoms with Crippen LogP contribution in [-0.4, -0.2) is 38.4 Å². The molecule has 2 aromatic carbocycles. The molecule has 0 saturated carbocycles. The third kappa shape index (κ3) is 16.9. The summed E-state index contributed by atoms with van der Waals surface area (Å²) in [5, 5.41) is 2.97. The Bertz CT molecular complexity index is 812. The Morgan fingerprint density at radius 3 is 2.05 bits per heavy atom. The maximum atomic E-state index is 12.1. The summed E-state index contributed by atoms with van der Waals surface area (Å²) in [4.78, 5) is 22.1. The Balaban J connectivity index is 0. The smallest absolute Gasteiger partial charge is 0.237 e. The van der Waals surface area contributed by atoms with Crippen LogP contribution in [0, 0.1) is 11.8 Å². The largest absolute Gasteiger partial charge is 0.493 e. The number of carbonyl (C=O) groups is 2. The van der Waals surface area contributed by atoms with Crippen molar-refractivity contribution in [3.05, 3.63) is 65.7 Å². The van der Waals surface area contributed by atoms with Gasteiger partial charge in [-0.2, -0.15) is 0 Å². The summed E-state index contributed by atoms with van der Waals surface area (Å²) < 4.78 is 5.84. The normalized spacial score (nSPS) is 12.9. The Labute approximate surface area is 232 Å². The fraction of sp³-hybridized carbons (Fsp3) is 0.562. The lowest BCUT2D eigenvalue weighted by molar-refractivity contribution is -0.123. The van der Waals surface area contributed by atoms with Gasteiger partial charge in [-0.25, -0.2) is 0 Å². The number of rotatable bonds is 13. The first-order chi connectivity index (χ1) is 18.3. The molecule has 0 fully saturated rings. The average molecular weight is 530 g/mol. The molecule has 5 N–H and O–H groups in total. The lowest BCUT2D eigenvalue weighted by Gasteiger charge is -2.20. The molecule has 2 aromatic rings. The fourth-order valence-electron chi connectivity index (χ4n) is 3.42. The van der Waals surface area contributed by atoms with E-state index in [0.29, 0.717) is 18.9 Å². The molecule has 0 aliphatic carbocycles. The molecule has 0 saturated heterocycles. The Kier molecular flexibility index (Phi) is 24.3. The summed E-state index contributed by atoms with van der Waals surface area (Å²) in [6.45, 7) is 15.9. The topological polar surface area (TPSA) is 107 Å². The number of amides is 1. The number of benzene rings is 2. The van der Waals surface area contributed by atoms with Crippen molar-refractivity contribution in [1.29, 1.82) is 0 Å². The molecule has 1 unspecified atom stereocenters. The summed E-state index contributed by atoms with van der Waals surface area (Å²) in [5.41, 5.74) is 12.7. The van der Waals surface area contributed by atoms with Crippen molar-refractivity contribution < 1.29 is 14.3 Å². The van der Waals surface area contributed by atoms with Gasteiger partial charge in [-0.1, -0.05) is 104 Å². The fourth-order valence-corrected chi connectivity index (χ4v) is 3.42. The number of ether oxygens (including phenoxy) is 1. The molecule has 38 heavy (non-hydrogen) atoms. The van der Waals surface area contributed by atoms with E-state index in [-0.39, 0.29) is 17.7 Å². The summed E-state index contributed by atoms with van der Waals surface area (Å²) in [7, 11) is 1.50. The van der Waals surface area contributed by atoms with Crippen LogP contribution < -0.4 is 21.5 Å². The van der Waals surface area contributed by atoms with Gasteiger partial charge in [0.2, 0.25) is 5.91 Å². The van der Waals surface area contributed by atoms with Crippen LogP contribution >= 0.6 is 0 Å². The Morgan fingerprint density at radius 1 is 0.974 bits per heavy atom. The van der Waals surface area contributed by atoms with Crippen molar-refractivity contribution in [1.82, 2.24) is 5.32 Å². The quantitative estimate of drug-likeness (QED) is 0.271. The van der Waals surface area contributed by atoms with Crippen molar-refractivity contribution in [3.8, 4) is 5.75 Å². The number of nitrogens with two attached hydrogens (primary N) is 2. The van der Waals surface area contributed by atoms with Gasteiger partial charge < -0.3 is 26.3 Å². The van der Waals surface area contributed by atoms with Gasteiger partial charge in [0.1, 0.15) is 12.0 Å². The molecule has 0 aliphatic rings. The Morgan fingerprint density at radius 2 is 1.55 bits per heavy atom. The number of carbonyl (C=O) groups excluding carboxylic acids is 2. The third-order valence-corrected chi connectivity index (χ3v) is 6.07. The van der Waals surface area contributed by atoms with E-state index in [4.69, 9.17) is 10.5 Å². The molecule has 0 bridgehead atoms. The van der Waals surface area contributed by atoms with E-state index in [1.54, 1.807) is 0 Å². The molecule has 6 heteroatoms. The highest BCUT2D eigenvalue weighted by molar-refractivity contribution is 5.81. The zero-order valence-electron chi connectivity index (χ0n) is 25.2. The molecular weight excluding hydrogens is 474 g/mol. The van der Waals surface area contributed by atoms with Crippen molar-refractivity contribution in [3.63, 3.8) is 0 Å². The molecule has 1 amide bonds. The second-order valence-electron chi connectivity index (χ2n) is 9.19. The molecule has 0 aliphatic heterocycles. The third-order valence-electron chi connectivity index (χ3n) is 6.07. The molecule has 0 heterocycles. The maximum Gasteiger partial charge on any atom is 0.237 e. The van der Waals surface area contributed by atoms with Crippen molar-refractivity contribution in [2.45, 2.75) is 86.1 Å². The minimum absolute atomic E-state index is 0.0638. The number of hydrogen-bond donors (Lipinski definition) is 3. The summed E-state index contributed by atoms with van der Waals surface area (Å²) in [6, 6.07) is 17.4. The van der Waals surface area contributed by atoms with E-state index in [2.05, 4.69) is 44.0 Å². The van der Waals surface area contributed by atoms with E-state index in [1.165, 1.54) is 25.5 Å². The molecule has 4 atom stereocenters. The van der Waals surface area contributed by atoms with Crippen molar-refractivity contribution >= 4 is 12.2 Å². The summed E-state index contributed by atoms with van der Waals surface area (Å²) >= 11 is 0. The Hall–Kier alpha value is -2.70. The number of nitrogens with one attached hydrogen (secondary N) is 1. The van der Waals surface area contributed by atoms with Crippen molar-refractivity contribution in [2.75, 3.05) is 20.2 Å². The predicted octanol–water partition coefficient (Wildman–Crippen LogP) is 6.12. The highest BCUT2D eigenvalue weighted by Crippen LogP contribution is 2.20. The van der Waals surface area contributed by atoms with Crippen LogP contribution in [0.4, 0.5) is 0 Å². The monoisotopic (exact) mass is 529 g/mol. The lowest BCUT2D eigenvalue weighted by Crippen LogP contribution is -2.45. The number of hydrogen-bond acceptors (Lipinski definition) is 5. The van der Waals surface area contributed by atoms with Gasteiger partial charge in [-0.3, -0.25) is 4.79 Å². The molecular formula is C32H55N3O3. The van der Waals surface area contributed by atoms with Gasteiger partial charge in [-0.15, -0.1) is 0 Å². The lowest BCUT2D eigenvalue weighted by atomic mass is 9.98. The highest BCUT2D eigenvalue weighted by atomic mass is 16.5. The average Bonchev–Trinajstić information content (AvgIpc) is 2.97. The first kappa shape index (κ1) is 37.5. The van der Waals surface area contributed by atoms with Crippen LogP contribution in [0.2, 0.25) is 0 Å². The first-order valence-corrected chi connectivity index (χ1v) is 14.1. The van der Waals surface area contributed by atoms with Crippen LogP contribution in [-0.2, 0) is 16.0 Å². The van der Waals surface area contributed by atoms with Gasteiger partial charge in [-0.05, 0) is 54.5 Å². The number of aldehydes is 1. The molecule has 2 rings (SSSR count). The van der Waals surface area contributed by atoms with Crippen LogP contribution in [0.25, 0.3) is 0 Å². The standard InChI is InChI=1S/C21H36N2O2.C8H8O.C2H6.CH5N/c1-6-8-15(3)14-25-19-11-9-18(10-12-19)17(5)13-23-21(24)20(22)16(4)7-2;9-7-6-8-4-2-1-3-5-8;2*1-2/h9-12,15-17,20H,6-8,13-14,22H2,1-5H3,(H,23,24);1-5,7H,6H2;1-2H3;2H2,1H3/t15?,16-,17+,20-;;;/m1.../s1. The molecule has 0 spiro atoms. The van der Waals surface area contributed by atoms with Crippen LogP contribution in [0.15, 0.2) is 54.6 Å². The summed E-state index contributed by atoms with van der Waals surface area (Å²) in [6.07, 6.45) is 4.72. The highest BCUT2D eigenvalue weighted by Gasteiger charge is 2.19. The zero-order valence-corrected chi connectivity index (χ0v) is 25.2. The van der Waals surface area contributed by atoms with E-state index < -0.39 is 6.04 Å². The summed E-state index contributed by atoms with van der Waals surface area (Å²) in [5.74, 6) is 1.85. The molecule has 0 aromatic heterocycles. The molecule has 6 nitrogen and oxygen atoms in total. The van der Waals surface area contributed by atoms with Crippen LogP contribution in [0.3, 0.4) is 0 Å². The van der Waals surface area contributed by atoms with E-state index in [1.807, 2.05) is 70.2 Å².